The summed E-state index contributed by atoms with van der Waals surface area (Å²) >= 11 is 0. The lowest BCUT2D eigenvalue weighted by molar-refractivity contribution is 0.119. The molecule has 2 aliphatic rings. The zero-order valence-electron chi connectivity index (χ0n) is 16.6. The molecule has 0 spiro atoms. The molecule has 2 bridgehead atoms. The third-order valence-electron chi connectivity index (χ3n) is 6.33. The molecule has 0 saturated carbocycles. The zero-order chi connectivity index (χ0) is 19.6. The summed E-state index contributed by atoms with van der Waals surface area (Å²) in [4.78, 5) is 23.9. The van der Waals surface area contributed by atoms with E-state index in [1.165, 1.54) is 30.4 Å². The minimum atomic E-state index is 0.101. The van der Waals surface area contributed by atoms with Gasteiger partial charge in [-0.3, -0.25) is 4.79 Å². The van der Waals surface area contributed by atoms with Crippen molar-refractivity contribution >= 4 is 0 Å². The summed E-state index contributed by atoms with van der Waals surface area (Å²) in [6.07, 6.45) is 8.44. The number of aromatic nitrogens is 3. The molecule has 0 N–H and O–H groups in total. The Morgan fingerprint density at radius 2 is 1.79 bits per heavy atom. The summed E-state index contributed by atoms with van der Waals surface area (Å²) < 4.78 is 2.02. The van der Waals surface area contributed by atoms with Crippen LogP contribution in [0.1, 0.15) is 30.0 Å². The van der Waals surface area contributed by atoms with Gasteiger partial charge in [-0.1, -0.05) is 30.3 Å². The molecule has 5 nitrogen and oxygen atoms in total. The number of pyridine rings is 1. The van der Waals surface area contributed by atoms with Crippen LogP contribution < -0.4 is 5.56 Å². The molecule has 5 rings (SSSR count). The van der Waals surface area contributed by atoms with Gasteiger partial charge in [-0.15, -0.1) is 0 Å². The number of rotatable bonds is 5. The molecule has 0 amide bonds. The van der Waals surface area contributed by atoms with Crippen molar-refractivity contribution in [1.82, 2.24) is 19.4 Å². The highest BCUT2D eigenvalue weighted by Gasteiger charge is 2.34. The Labute approximate surface area is 171 Å². The van der Waals surface area contributed by atoms with E-state index in [-0.39, 0.29) is 5.56 Å². The van der Waals surface area contributed by atoms with E-state index in [1.807, 2.05) is 10.6 Å². The third-order valence-corrected chi connectivity index (χ3v) is 6.33. The minimum Gasteiger partial charge on any atom is -0.311 e. The molecule has 1 fully saturated rings. The van der Waals surface area contributed by atoms with Crippen LogP contribution >= 0.6 is 0 Å². The van der Waals surface area contributed by atoms with E-state index in [9.17, 15) is 4.79 Å². The molecular weight excluding hydrogens is 360 g/mol. The molecule has 1 saturated heterocycles. The van der Waals surface area contributed by atoms with Gasteiger partial charge in [0.25, 0.3) is 5.56 Å². The van der Waals surface area contributed by atoms with Gasteiger partial charge in [0.05, 0.1) is 5.56 Å². The Kier molecular flexibility index (Phi) is 4.98. The number of fused-ring (bicyclic) bond motifs is 4. The first-order valence-corrected chi connectivity index (χ1v) is 10.5. The number of aryl methyl sites for hydroxylation is 1. The fourth-order valence-corrected chi connectivity index (χ4v) is 5.04. The third kappa shape index (κ3) is 3.75. The van der Waals surface area contributed by atoms with Gasteiger partial charge in [-0.05, 0) is 49.4 Å². The Morgan fingerprint density at radius 1 is 0.966 bits per heavy atom. The lowest BCUT2D eigenvalue weighted by atomic mass is 9.82. The van der Waals surface area contributed by atoms with Crippen LogP contribution in [0.2, 0.25) is 0 Å². The van der Waals surface area contributed by atoms with Crippen LogP contribution in [0, 0.1) is 5.92 Å². The second-order valence-corrected chi connectivity index (χ2v) is 8.36. The first kappa shape index (κ1) is 18.3. The van der Waals surface area contributed by atoms with Crippen molar-refractivity contribution in [3.05, 3.63) is 82.8 Å². The Hall–Kier alpha value is -2.79. The number of hydrogen-bond donors (Lipinski definition) is 0. The maximum absolute atomic E-state index is 13.1. The fraction of sp³-hybridized carbons (Fsp3) is 0.375. The number of nitrogens with zero attached hydrogens (tertiary/aromatic N) is 4. The average Bonchev–Trinajstić information content (AvgIpc) is 2.76. The maximum atomic E-state index is 13.1. The van der Waals surface area contributed by atoms with Crippen molar-refractivity contribution in [2.45, 2.75) is 31.7 Å². The summed E-state index contributed by atoms with van der Waals surface area (Å²) in [5.41, 5.74) is 4.21. The zero-order valence-corrected chi connectivity index (χ0v) is 16.6. The molecule has 2 aromatic heterocycles. The van der Waals surface area contributed by atoms with E-state index in [4.69, 9.17) is 0 Å². The molecule has 5 heteroatoms. The summed E-state index contributed by atoms with van der Waals surface area (Å²) in [6, 6.07) is 14.8. The molecule has 2 aliphatic heterocycles. The Bertz CT molecular complexity index is 1030. The van der Waals surface area contributed by atoms with Gasteiger partial charge < -0.3 is 9.47 Å². The van der Waals surface area contributed by atoms with Crippen LogP contribution in [0.4, 0.5) is 0 Å². The topological polar surface area (TPSA) is 51.0 Å². The average molecular weight is 386 g/mol. The molecular formula is C24H26N4O. The van der Waals surface area contributed by atoms with Crippen LogP contribution in [-0.2, 0) is 13.0 Å². The Balaban J connectivity index is 1.31. The van der Waals surface area contributed by atoms with Gasteiger partial charge in [0.15, 0.2) is 0 Å². The standard InChI is InChI=1S/C24H26N4O/c29-24-22(21-12-25-17-26-13-21)8-9-23-20-11-19(15-28(23)24)14-27(16-20)10-4-7-18-5-2-1-3-6-18/h1-3,5-6,8-9,12-13,17,19-20H,4,7,10-11,14-16H2/t19-,20+/m0/s1. The molecule has 0 aliphatic carbocycles. The summed E-state index contributed by atoms with van der Waals surface area (Å²) in [5, 5.41) is 0. The first-order chi connectivity index (χ1) is 14.3. The van der Waals surface area contributed by atoms with Gasteiger partial charge in [0.1, 0.15) is 6.33 Å². The van der Waals surface area contributed by atoms with Crippen LogP contribution in [0.3, 0.4) is 0 Å². The highest BCUT2D eigenvalue weighted by atomic mass is 16.1. The van der Waals surface area contributed by atoms with Gasteiger partial charge in [-0.2, -0.15) is 0 Å². The van der Waals surface area contributed by atoms with Crippen molar-refractivity contribution in [2.24, 2.45) is 5.92 Å². The highest BCUT2D eigenvalue weighted by molar-refractivity contribution is 5.60. The van der Waals surface area contributed by atoms with E-state index in [1.54, 1.807) is 12.4 Å². The summed E-state index contributed by atoms with van der Waals surface area (Å²) in [7, 11) is 0. The van der Waals surface area contributed by atoms with Crippen molar-refractivity contribution in [2.75, 3.05) is 19.6 Å². The molecule has 29 heavy (non-hydrogen) atoms. The van der Waals surface area contributed by atoms with E-state index in [2.05, 4.69) is 51.3 Å². The summed E-state index contributed by atoms with van der Waals surface area (Å²) in [6.45, 7) is 4.10. The van der Waals surface area contributed by atoms with Gasteiger partial charge in [-0.25, -0.2) is 9.97 Å². The minimum absolute atomic E-state index is 0.101. The molecule has 3 aromatic rings. The number of piperidine rings is 1. The predicted octanol–water partition coefficient (Wildman–Crippen LogP) is 3.36. The van der Waals surface area contributed by atoms with Gasteiger partial charge in [0.2, 0.25) is 0 Å². The van der Waals surface area contributed by atoms with Crippen molar-refractivity contribution < 1.29 is 0 Å². The van der Waals surface area contributed by atoms with E-state index in [0.717, 1.165) is 38.2 Å². The molecule has 148 valence electrons. The quantitative estimate of drug-likeness (QED) is 0.675. The van der Waals surface area contributed by atoms with E-state index in [0.29, 0.717) is 17.4 Å². The second kappa shape index (κ2) is 7.91. The van der Waals surface area contributed by atoms with E-state index < -0.39 is 0 Å². The van der Waals surface area contributed by atoms with Crippen LogP contribution in [-0.4, -0.2) is 39.1 Å². The number of hydrogen-bond acceptors (Lipinski definition) is 4. The smallest absolute Gasteiger partial charge is 0.258 e. The summed E-state index contributed by atoms with van der Waals surface area (Å²) in [5.74, 6) is 1.01. The van der Waals surface area contributed by atoms with Gasteiger partial charge in [0, 0.05) is 49.2 Å². The molecule has 1 aromatic carbocycles. The van der Waals surface area contributed by atoms with Gasteiger partial charge >= 0.3 is 0 Å². The first-order valence-electron chi connectivity index (χ1n) is 10.5. The number of benzene rings is 1. The van der Waals surface area contributed by atoms with Crippen molar-refractivity contribution in [1.29, 1.82) is 0 Å². The number of likely N-dealkylation sites (tertiary alicyclic amines) is 1. The largest absolute Gasteiger partial charge is 0.311 e. The fourth-order valence-electron chi connectivity index (χ4n) is 5.04. The maximum Gasteiger partial charge on any atom is 0.258 e. The molecule has 0 unspecified atom stereocenters. The predicted molar refractivity (Wildman–Crippen MR) is 114 cm³/mol. The lowest BCUT2D eigenvalue weighted by Crippen LogP contribution is -2.47. The van der Waals surface area contributed by atoms with Crippen LogP contribution in [0.25, 0.3) is 11.1 Å². The Morgan fingerprint density at radius 3 is 2.62 bits per heavy atom. The van der Waals surface area contributed by atoms with Crippen molar-refractivity contribution in [3.8, 4) is 11.1 Å². The molecule has 0 radical (unpaired) electrons. The highest BCUT2D eigenvalue weighted by Crippen LogP contribution is 2.35. The molecule has 2 atom stereocenters. The lowest BCUT2D eigenvalue weighted by Gasteiger charge is -2.43. The molecule has 4 heterocycles. The second-order valence-electron chi connectivity index (χ2n) is 8.36. The van der Waals surface area contributed by atoms with Crippen molar-refractivity contribution in [3.63, 3.8) is 0 Å². The van der Waals surface area contributed by atoms with Crippen LogP contribution in [0.15, 0.2) is 66.0 Å². The SMILES string of the molecule is O=c1c(-c2cncnc2)ccc2n1C[C@H]1C[C@@H]2CN(CCCc2ccccc2)C1. The normalized spacial score (nSPS) is 21.0. The van der Waals surface area contributed by atoms with Crippen LogP contribution in [0.5, 0.6) is 0 Å². The monoisotopic (exact) mass is 386 g/mol. The van der Waals surface area contributed by atoms with E-state index >= 15 is 0 Å².